The van der Waals surface area contributed by atoms with E-state index in [2.05, 4.69) is 5.32 Å². The third-order valence-corrected chi connectivity index (χ3v) is 4.16. The third-order valence-electron chi connectivity index (χ3n) is 3.36. The van der Waals surface area contributed by atoms with Crippen LogP contribution in [0, 0.1) is 10.1 Å². The molecule has 8 heteroatoms. The Morgan fingerprint density at radius 1 is 1.50 bits per heavy atom. The van der Waals surface area contributed by atoms with Crippen molar-refractivity contribution in [3.05, 3.63) is 37.9 Å². The fraction of sp³-hybridized carbons (Fsp3) is 0.417. The monoisotopic (exact) mass is 317 g/mol. The molecule has 20 heavy (non-hydrogen) atoms. The van der Waals surface area contributed by atoms with Crippen LogP contribution in [0.3, 0.4) is 0 Å². The number of nitrogens with zero attached hydrogens (tertiary/aromatic N) is 2. The molecule has 108 valence electrons. The number of benzene rings is 1. The fourth-order valence-electron chi connectivity index (χ4n) is 2.16. The molecule has 0 aromatic heterocycles. The number of carbonyl (C=O) groups excluding carboxylic acids is 1. The maximum absolute atomic E-state index is 12.4. The molecule has 1 aromatic rings. The van der Waals surface area contributed by atoms with Crippen molar-refractivity contribution in [2.45, 2.75) is 12.5 Å². The Morgan fingerprint density at radius 3 is 2.75 bits per heavy atom. The summed E-state index contributed by atoms with van der Waals surface area (Å²) in [4.78, 5) is 24.2. The highest BCUT2D eigenvalue weighted by Gasteiger charge is 2.27. The van der Waals surface area contributed by atoms with Gasteiger partial charge in [-0.1, -0.05) is 23.2 Å². The van der Waals surface area contributed by atoms with E-state index in [1.807, 2.05) is 0 Å². The first kappa shape index (κ1) is 15.0. The average molecular weight is 318 g/mol. The number of non-ortho nitro benzene ring substituents is 1. The molecule has 6 nitrogen and oxygen atoms in total. The number of rotatable bonds is 3. The van der Waals surface area contributed by atoms with Crippen LogP contribution in [-0.4, -0.2) is 41.9 Å². The summed E-state index contributed by atoms with van der Waals surface area (Å²) in [5, 5.41) is 14.0. The Labute approximate surface area is 125 Å². The van der Waals surface area contributed by atoms with E-state index in [1.165, 1.54) is 0 Å². The van der Waals surface area contributed by atoms with Crippen LogP contribution in [0.2, 0.25) is 10.0 Å². The zero-order valence-corrected chi connectivity index (χ0v) is 12.2. The van der Waals surface area contributed by atoms with Crippen molar-refractivity contribution in [1.82, 2.24) is 10.2 Å². The lowest BCUT2D eigenvalue weighted by atomic mass is 10.1. The molecule has 2 rings (SSSR count). The Morgan fingerprint density at radius 2 is 2.20 bits per heavy atom. The second-order valence-corrected chi connectivity index (χ2v) is 5.39. The van der Waals surface area contributed by atoms with Crippen molar-refractivity contribution in [2.24, 2.45) is 0 Å². The highest BCUT2D eigenvalue weighted by molar-refractivity contribution is 6.44. The second-order valence-electron chi connectivity index (χ2n) is 4.61. The number of hydrogen-bond acceptors (Lipinski definition) is 4. The van der Waals surface area contributed by atoms with E-state index in [0.29, 0.717) is 6.54 Å². The lowest BCUT2D eigenvalue weighted by molar-refractivity contribution is -0.384. The molecule has 1 saturated heterocycles. The van der Waals surface area contributed by atoms with Crippen LogP contribution < -0.4 is 5.32 Å². The molecule has 1 amide bonds. The second kappa shape index (κ2) is 5.95. The van der Waals surface area contributed by atoms with Gasteiger partial charge in [0.25, 0.3) is 11.6 Å². The van der Waals surface area contributed by atoms with Gasteiger partial charge >= 0.3 is 0 Å². The van der Waals surface area contributed by atoms with Gasteiger partial charge in [-0.05, 0) is 13.0 Å². The van der Waals surface area contributed by atoms with E-state index >= 15 is 0 Å². The van der Waals surface area contributed by atoms with E-state index < -0.39 is 4.92 Å². The number of halogens is 2. The Hall–Kier alpha value is -1.37. The molecule has 1 fully saturated rings. The molecule has 1 unspecified atom stereocenters. The molecule has 0 spiro atoms. The van der Waals surface area contributed by atoms with Gasteiger partial charge in [-0.15, -0.1) is 0 Å². The predicted octanol–water partition coefficient (Wildman–Crippen LogP) is 2.34. The van der Waals surface area contributed by atoms with Crippen LogP contribution in [0.5, 0.6) is 0 Å². The maximum atomic E-state index is 12.4. The fourth-order valence-corrected chi connectivity index (χ4v) is 2.57. The normalized spacial score (nSPS) is 18.1. The summed E-state index contributed by atoms with van der Waals surface area (Å²) < 4.78 is 0. The smallest absolute Gasteiger partial charge is 0.271 e. The van der Waals surface area contributed by atoms with Gasteiger partial charge in [-0.3, -0.25) is 14.9 Å². The molecule has 0 saturated carbocycles. The van der Waals surface area contributed by atoms with Gasteiger partial charge in [-0.25, -0.2) is 0 Å². The summed E-state index contributed by atoms with van der Waals surface area (Å²) in [6.45, 7) is 1.54. The molecule has 0 bridgehead atoms. The first-order valence-electron chi connectivity index (χ1n) is 6.03. The molecular weight excluding hydrogens is 305 g/mol. The third kappa shape index (κ3) is 2.87. The summed E-state index contributed by atoms with van der Waals surface area (Å²) in [6.07, 6.45) is 0.836. The van der Waals surface area contributed by atoms with Crippen LogP contribution in [-0.2, 0) is 0 Å². The topological polar surface area (TPSA) is 75.5 Å². The summed E-state index contributed by atoms with van der Waals surface area (Å²) in [5.74, 6) is -0.366. The molecule has 1 N–H and O–H groups in total. The van der Waals surface area contributed by atoms with Crippen LogP contribution in [0.25, 0.3) is 0 Å². The molecule has 1 aliphatic heterocycles. The zero-order valence-electron chi connectivity index (χ0n) is 10.7. The van der Waals surface area contributed by atoms with Gasteiger partial charge in [-0.2, -0.15) is 0 Å². The van der Waals surface area contributed by atoms with Crippen LogP contribution >= 0.6 is 23.2 Å². The average Bonchev–Trinajstić information content (AvgIpc) is 2.93. The first-order valence-corrected chi connectivity index (χ1v) is 6.78. The molecule has 1 atom stereocenters. The van der Waals surface area contributed by atoms with Crippen molar-refractivity contribution in [1.29, 1.82) is 0 Å². The maximum Gasteiger partial charge on any atom is 0.271 e. The van der Waals surface area contributed by atoms with Gasteiger partial charge in [0, 0.05) is 31.8 Å². The van der Waals surface area contributed by atoms with Crippen molar-refractivity contribution in [2.75, 3.05) is 20.1 Å². The number of amides is 1. The van der Waals surface area contributed by atoms with Crippen LogP contribution in [0.4, 0.5) is 5.69 Å². The Kier molecular flexibility index (Phi) is 4.47. The molecule has 1 aliphatic rings. The minimum Gasteiger partial charge on any atom is -0.337 e. The van der Waals surface area contributed by atoms with E-state index in [0.717, 1.165) is 25.1 Å². The summed E-state index contributed by atoms with van der Waals surface area (Å²) in [5.41, 5.74) is -0.194. The van der Waals surface area contributed by atoms with Crippen LogP contribution in [0.1, 0.15) is 16.8 Å². The summed E-state index contributed by atoms with van der Waals surface area (Å²) in [7, 11) is 1.66. The largest absolute Gasteiger partial charge is 0.337 e. The summed E-state index contributed by atoms with van der Waals surface area (Å²) >= 11 is 11.8. The number of nitro groups is 1. The zero-order chi connectivity index (χ0) is 14.9. The number of hydrogen-bond donors (Lipinski definition) is 1. The lowest BCUT2D eigenvalue weighted by Gasteiger charge is -2.24. The number of nitro benzene ring substituents is 1. The highest BCUT2D eigenvalue weighted by Crippen LogP contribution is 2.32. The lowest BCUT2D eigenvalue weighted by Crippen LogP contribution is -2.38. The van der Waals surface area contributed by atoms with Gasteiger partial charge in [0.1, 0.15) is 0 Å². The van der Waals surface area contributed by atoms with E-state index in [-0.39, 0.29) is 33.2 Å². The van der Waals surface area contributed by atoms with Crippen LogP contribution in [0.15, 0.2) is 12.1 Å². The minimum absolute atomic E-state index is 0.00200. The van der Waals surface area contributed by atoms with E-state index in [1.54, 1.807) is 11.9 Å². The van der Waals surface area contributed by atoms with Gasteiger partial charge < -0.3 is 10.2 Å². The standard InChI is InChI=1S/C12H13Cl2N3O3/c1-16(7-2-3-15-6-7)12(18)9-4-8(17(19)20)5-10(13)11(9)14/h4-5,7,15H,2-3,6H2,1H3. The van der Waals surface area contributed by atoms with Gasteiger partial charge in [0.2, 0.25) is 0 Å². The summed E-state index contributed by atoms with van der Waals surface area (Å²) in [6, 6.07) is 2.35. The molecule has 1 heterocycles. The SMILES string of the molecule is CN(C(=O)c1cc([N+](=O)[O-])cc(Cl)c1Cl)C1CCNC1. The predicted molar refractivity (Wildman–Crippen MR) is 76.5 cm³/mol. The minimum atomic E-state index is -0.601. The Bertz CT molecular complexity index is 559. The quantitative estimate of drug-likeness (QED) is 0.685. The molecular formula is C12H13Cl2N3O3. The first-order chi connectivity index (χ1) is 9.41. The van der Waals surface area contributed by atoms with E-state index in [9.17, 15) is 14.9 Å². The van der Waals surface area contributed by atoms with E-state index in [4.69, 9.17) is 23.2 Å². The van der Waals surface area contributed by atoms with Gasteiger partial charge in [0.05, 0.1) is 20.5 Å². The molecule has 1 aromatic carbocycles. The molecule has 0 aliphatic carbocycles. The molecule has 0 radical (unpaired) electrons. The number of likely N-dealkylation sites (N-methyl/N-ethyl adjacent to an activating group) is 1. The van der Waals surface area contributed by atoms with Crippen molar-refractivity contribution in [3.8, 4) is 0 Å². The van der Waals surface area contributed by atoms with Crippen molar-refractivity contribution in [3.63, 3.8) is 0 Å². The van der Waals surface area contributed by atoms with Gasteiger partial charge in [0.15, 0.2) is 0 Å². The highest BCUT2D eigenvalue weighted by atomic mass is 35.5. The van der Waals surface area contributed by atoms with Crippen molar-refractivity contribution < 1.29 is 9.72 Å². The number of carbonyl (C=O) groups is 1. The number of nitrogens with one attached hydrogen (secondary N) is 1. The van der Waals surface area contributed by atoms with Crippen molar-refractivity contribution >= 4 is 34.8 Å². The Balaban J connectivity index is 2.35.